The number of thiazole rings is 1. The van der Waals surface area contributed by atoms with Gasteiger partial charge in [0.25, 0.3) is 5.78 Å². The molecule has 41 heavy (non-hydrogen) atoms. The summed E-state index contributed by atoms with van der Waals surface area (Å²) in [5.74, 6) is -1.05. The first kappa shape index (κ1) is 27.6. The van der Waals surface area contributed by atoms with Crippen LogP contribution in [0.3, 0.4) is 0 Å². The van der Waals surface area contributed by atoms with Gasteiger partial charge < -0.3 is 19.3 Å². The number of ketones is 1. The van der Waals surface area contributed by atoms with Crippen molar-refractivity contribution in [3.63, 3.8) is 0 Å². The van der Waals surface area contributed by atoms with Gasteiger partial charge in [-0.2, -0.15) is 0 Å². The van der Waals surface area contributed by atoms with Crippen LogP contribution in [0.2, 0.25) is 0 Å². The van der Waals surface area contributed by atoms with Gasteiger partial charge in [-0.05, 0) is 67.4 Å². The number of aliphatic hydroxyl groups excluding tert-OH is 1. The van der Waals surface area contributed by atoms with E-state index in [2.05, 4.69) is 4.98 Å². The molecule has 0 saturated carbocycles. The van der Waals surface area contributed by atoms with Crippen LogP contribution in [0.1, 0.15) is 38.1 Å². The van der Waals surface area contributed by atoms with Gasteiger partial charge >= 0.3 is 11.9 Å². The smallest absolute Gasteiger partial charge is 0.350 e. The number of hydrogen-bond donors (Lipinski definition) is 1. The molecule has 4 aromatic rings. The molecule has 1 aromatic heterocycles. The van der Waals surface area contributed by atoms with Crippen LogP contribution < -0.4 is 14.4 Å². The lowest BCUT2D eigenvalue weighted by atomic mass is 9.94. The number of hydrogen-bond acceptors (Lipinski definition) is 9. The van der Waals surface area contributed by atoms with Crippen molar-refractivity contribution in [3.05, 3.63) is 106 Å². The standard InChI is InChI=1S/C31H26N2O7S/c1-17-15-20(13-14-23(17)38-3)26(34)24-25(19-9-8-12-22(16-19)40-21-10-6-5-7-11-21)33(29(36)27(24)35)31-32-18(2)28(41-31)30(37)39-4/h5-16,25,34H,1-4H3/b26-24+/t25-/m0/s1. The quantitative estimate of drug-likeness (QED) is 0.125. The molecule has 10 heteroatoms. The number of para-hydroxylation sites is 1. The molecular weight excluding hydrogens is 544 g/mol. The predicted octanol–water partition coefficient (Wildman–Crippen LogP) is 5.97. The Morgan fingerprint density at radius 2 is 1.68 bits per heavy atom. The number of aromatic nitrogens is 1. The van der Waals surface area contributed by atoms with E-state index in [1.165, 1.54) is 19.1 Å². The Bertz CT molecular complexity index is 1690. The topological polar surface area (TPSA) is 115 Å². The molecule has 0 spiro atoms. The van der Waals surface area contributed by atoms with Crippen molar-refractivity contribution in [1.29, 1.82) is 0 Å². The average Bonchev–Trinajstić information content (AvgIpc) is 3.49. The lowest BCUT2D eigenvalue weighted by Gasteiger charge is -2.23. The van der Waals surface area contributed by atoms with Crippen molar-refractivity contribution in [2.45, 2.75) is 19.9 Å². The highest BCUT2D eigenvalue weighted by Gasteiger charge is 2.48. The van der Waals surface area contributed by atoms with Gasteiger partial charge in [0.2, 0.25) is 0 Å². The summed E-state index contributed by atoms with van der Waals surface area (Å²) in [6.07, 6.45) is 0. The fourth-order valence-corrected chi connectivity index (χ4v) is 5.68. The lowest BCUT2D eigenvalue weighted by Crippen LogP contribution is -2.29. The molecule has 208 valence electrons. The number of Topliss-reactive ketones (excluding diaryl/α,β-unsaturated/α-hetero) is 1. The maximum atomic E-state index is 13.6. The summed E-state index contributed by atoms with van der Waals surface area (Å²) < 4.78 is 16.2. The zero-order chi connectivity index (χ0) is 29.3. The van der Waals surface area contributed by atoms with Gasteiger partial charge in [0.05, 0.1) is 31.5 Å². The second kappa shape index (κ2) is 11.3. The highest BCUT2D eigenvalue weighted by molar-refractivity contribution is 7.17. The van der Waals surface area contributed by atoms with E-state index >= 15 is 0 Å². The van der Waals surface area contributed by atoms with Gasteiger partial charge in [-0.3, -0.25) is 14.5 Å². The van der Waals surface area contributed by atoms with Crippen molar-refractivity contribution in [2.75, 3.05) is 19.1 Å². The highest BCUT2D eigenvalue weighted by Crippen LogP contribution is 2.45. The van der Waals surface area contributed by atoms with Gasteiger partial charge in [0, 0.05) is 5.56 Å². The molecule has 0 aliphatic carbocycles. The van der Waals surface area contributed by atoms with E-state index in [1.807, 2.05) is 25.1 Å². The number of nitrogens with zero attached hydrogens (tertiary/aromatic N) is 2. The van der Waals surface area contributed by atoms with E-state index in [0.717, 1.165) is 16.9 Å². The highest BCUT2D eigenvalue weighted by atomic mass is 32.1. The zero-order valence-corrected chi connectivity index (χ0v) is 23.5. The van der Waals surface area contributed by atoms with Crippen LogP contribution >= 0.6 is 11.3 Å². The maximum absolute atomic E-state index is 13.6. The van der Waals surface area contributed by atoms with Crippen LogP contribution in [0, 0.1) is 13.8 Å². The van der Waals surface area contributed by atoms with E-state index in [4.69, 9.17) is 14.2 Å². The third kappa shape index (κ3) is 5.17. The minimum Gasteiger partial charge on any atom is -0.507 e. The lowest BCUT2D eigenvalue weighted by molar-refractivity contribution is -0.132. The summed E-state index contributed by atoms with van der Waals surface area (Å²) in [6.45, 7) is 3.43. The minimum absolute atomic E-state index is 0.120. The molecule has 9 nitrogen and oxygen atoms in total. The molecule has 1 atom stereocenters. The molecule has 1 aliphatic heterocycles. The van der Waals surface area contributed by atoms with Crippen molar-refractivity contribution in [3.8, 4) is 17.2 Å². The van der Waals surface area contributed by atoms with E-state index in [9.17, 15) is 19.5 Å². The van der Waals surface area contributed by atoms with Crippen molar-refractivity contribution < 1.29 is 33.7 Å². The van der Waals surface area contributed by atoms with Crippen molar-refractivity contribution >= 4 is 39.9 Å². The molecule has 1 amide bonds. The van der Waals surface area contributed by atoms with Crippen LogP contribution in [0.25, 0.3) is 5.76 Å². The van der Waals surface area contributed by atoms with Crippen LogP contribution in [-0.2, 0) is 14.3 Å². The summed E-state index contributed by atoms with van der Waals surface area (Å²) in [5, 5.41) is 11.6. The zero-order valence-electron chi connectivity index (χ0n) is 22.7. The van der Waals surface area contributed by atoms with Gasteiger partial charge in [-0.15, -0.1) is 0 Å². The summed E-state index contributed by atoms with van der Waals surface area (Å²) >= 11 is 0.933. The largest absolute Gasteiger partial charge is 0.507 e. The summed E-state index contributed by atoms with van der Waals surface area (Å²) in [5.41, 5.74) is 1.80. The second-order valence-corrected chi connectivity index (χ2v) is 10.2. The molecule has 3 aromatic carbocycles. The fourth-order valence-electron chi connectivity index (χ4n) is 4.67. The molecule has 0 unspecified atom stereocenters. The number of carbonyl (C=O) groups excluding carboxylic acids is 3. The van der Waals surface area contributed by atoms with Crippen LogP contribution in [0.15, 0.2) is 78.4 Å². The number of methoxy groups -OCH3 is 2. The number of aliphatic hydroxyl groups is 1. The monoisotopic (exact) mass is 570 g/mol. The Kier molecular flexibility index (Phi) is 7.58. The molecular formula is C31H26N2O7S. The Morgan fingerprint density at radius 3 is 2.37 bits per heavy atom. The first-order valence-electron chi connectivity index (χ1n) is 12.6. The van der Waals surface area contributed by atoms with Crippen molar-refractivity contribution in [1.82, 2.24) is 4.98 Å². The van der Waals surface area contributed by atoms with E-state index in [1.54, 1.807) is 61.5 Å². The third-order valence-corrected chi connectivity index (χ3v) is 7.76. The fraction of sp³-hybridized carbons (Fsp3) is 0.161. The molecule has 0 bridgehead atoms. The summed E-state index contributed by atoms with van der Waals surface area (Å²) in [4.78, 5) is 45.3. The summed E-state index contributed by atoms with van der Waals surface area (Å²) in [7, 11) is 2.79. The van der Waals surface area contributed by atoms with Crippen molar-refractivity contribution in [2.24, 2.45) is 0 Å². The number of ether oxygens (including phenoxy) is 3. The Labute approximate surface area is 240 Å². The predicted molar refractivity (Wildman–Crippen MR) is 154 cm³/mol. The Balaban J connectivity index is 1.68. The first-order valence-corrected chi connectivity index (χ1v) is 13.4. The van der Waals surface area contributed by atoms with Crippen LogP contribution in [0.5, 0.6) is 17.2 Å². The average molecular weight is 571 g/mol. The van der Waals surface area contributed by atoms with Gasteiger partial charge in [-0.25, -0.2) is 9.78 Å². The summed E-state index contributed by atoms with van der Waals surface area (Å²) in [6, 6.07) is 20.0. The number of benzene rings is 3. The number of amides is 1. The van der Waals surface area contributed by atoms with E-state index < -0.39 is 23.7 Å². The van der Waals surface area contributed by atoms with Crippen LogP contribution in [0.4, 0.5) is 5.13 Å². The normalized spacial score (nSPS) is 16.1. The number of carbonyl (C=O) groups is 3. The number of rotatable bonds is 7. The van der Waals surface area contributed by atoms with E-state index in [-0.39, 0.29) is 21.3 Å². The minimum atomic E-state index is -1.06. The number of esters is 1. The molecule has 1 saturated heterocycles. The molecule has 0 radical (unpaired) electrons. The molecule has 1 fully saturated rings. The SMILES string of the molecule is COC(=O)c1sc(N2C(=O)C(=O)/C(=C(/O)c3ccc(OC)c(C)c3)[C@@H]2c2cccc(Oc3ccccc3)c2)nc1C. The van der Waals surface area contributed by atoms with Crippen LogP contribution in [-0.4, -0.2) is 42.0 Å². The van der Waals surface area contributed by atoms with Gasteiger partial charge in [0.15, 0.2) is 5.13 Å². The molecule has 1 N–H and O–H groups in total. The van der Waals surface area contributed by atoms with E-state index in [0.29, 0.717) is 34.1 Å². The van der Waals surface area contributed by atoms with Gasteiger partial charge in [-0.1, -0.05) is 41.7 Å². The molecule has 1 aliphatic rings. The third-order valence-electron chi connectivity index (χ3n) is 6.63. The number of aryl methyl sites for hydroxylation is 2. The van der Waals surface area contributed by atoms with Gasteiger partial charge in [0.1, 0.15) is 27.9 Å². The maximum Gasteiger partial charge on any atom is 0.350 e. The second-order valence-electron chi connectivity index (χ2n) is 9.24. The molecule has 2 heterocycles. The first-order chi connectivity index (χ1) is 19.7. The Morgan fingerprint density at radius 1 is 0.951 bits per heavy atom. The number of anilines is 1. The molecule has 5 rings (SSSR count). The Hall–Kier alpha value is -4.96.